The van der Waals surface area contributed by atoms with Gasteiger partial charge >= 0.3 is 0 Å². The topological polar surface area (TPSA) is 9.23 Å². The van der Waals surface area contributed by atoms with Gasteiger partial charge in [-0.15, -0.1) is 0 Å². The van der Waals surface area contributed by atoms with Crippen molar-refractivity contribution in [2.45, 2.75) is 18.9 Å². The minimum Gasteiger partial charge on any atom is -0.479 e. The van der Waals surface area contributed by atoms with Gasteiger partial charge in [0.15, 0.2) is 4.67 Å². The maximum atomic E-state index is 5.65. The molecule has 1 unspecified atom stereocenters. The molecule has 1 heterocycles. The Labute approximate surface area is 86.5 Å². The van der Waals surface area contributed by atoms with E-state index in [0.717, 1.165) is 17.5 Å². The van der Waals surface area contributed by atoms with Gasteiger partial charge in [-0.05, 0) is 40.4 Å². The van der Waals surface area contributed by atoms with E-state index >= 15 is 0 Å². The van der Waals surface area contributed by atoms with Crippen molar-refractivity contribution in [2.75, 3.05) is 0 Å². The molecule has 1 atom stereocenters. The molecule has 1 nitrogen and oxygen atoms in total. The first-order valence-corrected chi connectivity index (χ1v) is 5.23. The lowest BCUT2D eigenvalue weighted by molar-refractivity contribution is 0.118. The summed E-state index contributed by atoms with van der Waals surface area (Å²) >= 11 is 3.36. The first-order chi connectivity index (χ1) is 6.36. The molecule has 0 N–H and O–H groups in total. The van der Waals surface area contributed by atoms with Gasteiger partial charge in [0, 0.05) is 0 Å². The lowest BCUT2D eigenvalue weighted by Crippen LogP contribution is -2.05. The second-order valence-corrected chi connectivity index (χ2v) is 3.88. The Hall–Kier alpha value is -0.760. The van der Waals surface area contributed by atoms with Crippen LogP contribution < -0.4 is 0 Å². The maximum Gasteiger partial charge on any atom is 0.159 e. The van der Waals surface area contributed by atoms with Gasteiger partial charge in [-0.25, -0.2) is 0 Å². The van der Waals surface area contributed by atoms with Gasteiger partial charge in [0.1, 0.15) is 6.10 Å². The van der Waals surface area contributed by atoms with Crippen molar-refractivity contribution < 1.29 is 4.74 Å². The monoisotopic (exact) mass is 238 g/mol. The summed E-state index contributed by atoms with van der Waals surface area (Å²) in [4.78, 5) is 0. The quantitative estimate of drug-likeness (QED) is 0.724. The molecule has 0 aliphatic carbocycles. The second-order valence-electron chi connectivity index (χ2n) is 3.10. The van der Waals surface area contributed by atoms with Crippen LogP contribution in [-0.4, -0.2) is 0 Å². The van der Waals surface area contributed by atoms with Crippen LogP contribution in [0.25, 0.3) is 0 Å². The predicted octanol–water partition coefficient (Wildman–Crippen LogP) is 3.77. The van der Waals surface area contributed by atoms with Crippen LogP contribution in [0.3, 0.4) is 0 Å². The van der Waals surface area contributed by atoms with Crippen LogP contribution in [0, 0.1) is 0 Å². The van der Waals surface area contributed by atoms with E-state index in [1.165, 1.54) is 5.56 Å². The molecular formula is C11H11BrO. The molecule has 2 rings (SSSR count). The molecule has 0 radical (unpaired) electrons. The molecule has 1 aromatic carbocycles. The fourth-order valence-electron chi connectivity index (χ4n) is 1.49. The maximum absolute atomic E-state index is 5.65. The number of allylic oxidation sites excluding steroid dienone is 1. The highest BCUT2D eigenvalue weighted by molar-refractivity contribution is 9.11. The molecule has 0 spiro atoms. The van der Waals surface area contributed by atoms with Crippen LogP contribution in [0.4, 0.5) is 0 Å². The highest BCUT2D eigenvalue weighted by atomic mass is 79.9. The van der Waals surface area contributed by atoms with Gasteiger partial charge in [-0.2, -0.15) is 0 Å². The van der Waals surface area contributed by atoms with Crippen LogP contribution in [0.15, 0.2) is 41.1 Å². The summed E-state index contributed by atoms with van der Waals surface area (Å²) in [6, 6.07) is 10.3. The zero-order valence-electron chi connectivity index (χ0n) is 7.24. The number of halogens is 1. The highest BCUT2D eigenvalue weighted by Crippen LogP contribution is 2.31. The summed E-state index contributed by atoms with van der Waals surface area (Å²) in [6.07, 6.45) is 4.44. The second kappa shape index (κ2) is 3.97. The molecule has 13 heavy (non-hydrogen) atoms. The van der Waals surface area contributed by atoms with Crippen LogP contribution in [0.1, 0.15) is 24.5 Å². The van der Waals surface area contributed by atoms with Crippen molar-refractivity contribution >= 4 is 15.9 Å². The normalized spacial score (nSPS) is 21.9. The van der Waals surface area contributed by atoms with E-state index in [2.05, 4.69) is 34.1 Å². The molecule has 68 valence electrons. The Kier molecular flexibility index (Phi) is 2.69. The molecule has 0 aromatic heterocycles. The highest BCUT2D eigenvalue weighted by Gasteiger charge is 2.16. The average Bonchev–Trinajstić information content (AvgIpc) is 2.19. The standard InChI is InChI=1S/C11H11BrO/c12-11-8-4-7-10(13-11)9-5-2-1-3-6-9/h1-3,5-6,8,10H,4,7H2. The fourth-order valence-corrected chi connectivity index (χ4v) is 1.95. The Morgan fingerprint density at radius 2 is 2.00 bits per heavy atom. The van der Waals surface area contributed by atoms with Crippen molar-refractivity contribution in [1.29, 1.82) is 0 Å². The lowest BCUT2D eigenvalue weighted by atomic mass is 10.0. The van der Waals surface area contributed by atoms with Crippen molar-refractivity contribution in [2.24, 2.45) is 0 Å². The van der Waals surface area contributed by atoms with Crippen molar-refractivity contribution in [3.8, 4) is 0 Å². The van der Waals surface area contributed by atoms with Gasteiger partial charge in [0.05, 0.1) is 0 Å². The number of hydrogen-bond donors (Lipinski definition) is 0. The summed E-state index contributed by atoms with van der Waals surface area (Å²) < 4.78 is 6.52. The first kappa shape index (κ1) is 8.82. The predicted molar refractivity (Wildman–Crippen MR) is 56.5 cm³/mol. The minimum absolute atomic E-state index is 0.223. The van der Waals surface area contributed by atoms with Crippen LogP contribution in [0.2, 0.25) is 0 Å². The van der Waals surface area contributed by atoms with Crippen molar-refractivity contribution in [1.82, 2.24) is 0 Å². The lowest BCUT2D eigenvalue weighted by Gasteiger charge is -2.22. The molecule has 0 saturated carbocycles. The Balaban J connectivity index is 2.15. The summed E-state index contributed by atoms with van der Waals surface area (Å²) in [6.45, 7) is 0. The minimum atomic E-state index is 0.223. The van der Waals surface area contributed by atoms with Crippen molar-refractivity contribution in [3.63, 3.8) is 0 Å². The van der Waals surface area contributed by atoms with E-state index in [4.69, 9.17) is 4.74 Å². The summed E-state index contributed by atoms with van der Waals surface area (Å²) in [5, 5.41) is 0. The average molecular weight is 239 g/mol. The molecular weight excluding hydrogens is 228 g/mol. The smallest absolute Gasteiger partial charge is 0.159 e. The Morgan fingerprint density at radius 1 is 1.23 bits per heavy atom. The molecule has 2 heteroatoms. The molecule has 1 aromatic rings. The Morgan fingerprint density at radius 3 is 2.69 bits per heavy atom. The van der Waals surface area contributed by atoms with Crippen LogP contribution >= 0.6 is 15.9 Å². The van der Waals surface area contributed by atoms with E-state index in [1.54, 1.807) is 0 Å². The molecule has 1 aliphatic rings. The van der Waals surface area contributed by atoms with E-state index in [0.29, 0.717) is 0 Å². The molecule has 0 fully saturated rings. The van der Waals surface area contributed by atoms with Gasteiger partial charge in [0.25, 0.3) is 0 Å². The molecule has 0 amide bonds. The van der Waals surface area contributed by atoms with Gasteiger partial charge in [-0.1, -0.05) is 30.3 Å². The summed E-state index contributed by atoms with van der Waals surface area (Å²) in [5.41, 5.74) is 1.26. The van der Waals surface area contributed by atoms with Crippen LogP contribution in [0.5, 0.6) is 0 Å². The number of rotatable bonds is 1. The fraction of sp³-hybridized carbons (Fsp3) is 0.273. The third kappa shape index (κ3) is 2.13. The SMILES string of the molecule is BrC1=CCCC(c2ccccc2)O1. The zero-order chi connectivity index (χ0) is 9.10. The van der Waals surface area contributed by atoms with E-state index in [-0.39, 0.29) is 6.10 Å². The summed E-state index contributed by atoms with van der Waals surface area (Å²) in [7, 11) is 0. The third-order valence-electron chi connectivity index (χ3n) is 2.16. The number of benzene rings is 1. The van der Waals surface area contributed by atoms with Gasteiger partial charge in [0.2, 0.25) is 0 Å². The van der Waals surface area contributed by atoms with E-state index in [1.807, 2.05) is 18.2 Å². The van der Waals surface area contributed by atoms with Crippen molar-refractivity contribution in [3.05, 3.63) is 46.6 Å². The molecule has 1 aliphatic heterocycles. The largest absolute Gasteiger partial charge is 0.479 e. The third-order valence-corrected chi connectivity index (χ3v) is 2.67. The number of ether oxygens (including phenoxy) is 1. The Bertz CT molecular complexity index is 305. The number of hydrogen-bond acceptors (Lipinski definition) is 1. The molecule has 0 saturated heterocycles. The first-order valence-electron chi connectivity index (χ1n) is 4.43. The van der Waals surface area contributed by atoms with E-state index < -0.39 is 0 Å². The van der Waals surface area contributed by atoms with E-state index in [9.17, 15) is 0 Å². The van der Waals surface area contributed by atoms with Gasteiger partial charge in [-0.3, -0.25) is 0 Å². The van der Waals surface area contributed by atoms with Gasteiger partial charge < -0.3 is 4.74 Å². The molecule has 0 bridgehead atoms. The van der Waals surface area contributed by atoms with Crippen LogP contribution in [-0.2, 0) is 4.74 Å². The summed E-state index contributed by atoms with van der Waals surface area (Å²) in [5.74, 6) is 0. The zero-order valence-corrected chi connectivity index (χ0v) is 8.83.